The number of carbonyl (C=O) groups is 1. The molecule has 2 aliphatic heterocycles. The second-order valence-corrected chi connectivity index (χ2v) is 14.7. The van der Waals surface area contributed by atoms with Crippen molar-refractivity contribution in [2.75, 3.05) is 51.3 Å². The number of amides is 1. The second-order valence-electron chi connectivity index (χ2n) is 14.3. The van der Waals surface area contributed by atoms with E-state index in [4.69, 9.17) is 31.2 Å². The number of halogens is 2. The van der Waals surface area contributed by atoms with Gasteiger partial charge in [-0.3, -0.25) is 4.90 Å². The van der Waals surface area contributed by atoms with Crippen molar-refractivity contribution in [2.45, 2.75) is 70.2 Å². The summed E-state index contributed by atoms with van der Waals surface area (Å²) in [6.07, 6.45) is 1.58. The summed E-state index contributed by atoms with van der Waals surface area (Å²) >= 11 is 6.90. The molecule has 0 saturated carbocycles. The smallest absolute Gasteiger partial charge is 0.410 e. The summed E-state index contributed by atoms with van der Waals surface area (Å²) < 4.78 is 28.7. The Morgan fingerprint density at radius 1 is 1.10 bits per heavy atom. The van der Waals surface area contributed by atoms with Crippen LogP contribution in [-0.4, -0.2) is 111 Å². The van der Waals surface area contributed by atoms with Gasteiger partial charge in [0.15, 0.2) is 5.82 Å². The molecule has 1 aromatic heterocycles. The summed E-state index contributed by atoms with van der Waals surface area (Å²) in [6, 6.07) is 12.0. The number of ether oxygens (including phenoxy) is 2. The second kappa shape index (κ2) is 14.7. The average Bonchev–Trinajstić information content (AvgIpc) is 3.34. The summed E-state index contributed by atoms with van der Waals surface area (Å²) in [5.74, 6) is -0.209. The Labute approximate surface area is 296 Å². The average molecular weight is 710 g/mol. The van der Waals surface area contributed by atoms with Gasteiger partial charge in [0.2, 0.25) is 0 Å². The Morgan fingerprint density at radius 2 is 1.82 bits per heavy atom. The van der Waals surface area contributed by atoms with Crippen molar-refractivity contribution in [1.82, 2.24) is 19.8 Å². The normalized spacial score (nSPS) is 18.3. The van der Waals surface area contributed by atoms with Gasteiger partial charge in [0, 0.05) is 37.1 Å². The lowest BCUT2D eigenvalue weighted by Crippen LogP contribution is -2.57. The van der Waals surface area contributed by atoms with Crippen LogP contribution in [0.25, 0.3) is 32.8 Å². The van der Waals surface area contributed by atoms with E-state index in [1.54, 1.807) is 12.1 Å². The molecular formula is C37H45ClFN5O6. The molecule has 0 aliphatic carbocycles. The van der Waals surface area contributed by atoms with Crippen LogP contribution in [0.4, 0.5) is 15.0 Å². The fourth-order valence-corrected chi connectivity index (χ4v) is 7.27. The summed E-state index contributed by atoms with van der Waals surface area (Å²) in [4.78, 5) is 28.5. The van der Waals surface area contributed by atoms with Crippen molar-refractivity contribution in [3.05, 3.63) is 53.3 Å². The van der Waals surface area contributed by atoms with Crippen molar-refractivity contribution >= 4 is 45.2 Å². The zero-order valence-electron chi connectivity index (χ0n) is 28.9. The van der Waals surface area contributed by atoms with Gasteiger partial charge < -0.3 is 34.6 Å². The molecule has 2 bridgehead atoms. The molecule has 0 spiro atoms. The molecule has 2 fully saturated rings. The number of aliphatic hydroxyl groups excluding tert-OH is 2. The first-order chi connectivity index (χ1) is 23.8. The zero-order chi connectivity index (χ0) is 35.7. The highest BCUT2D eigenvalue weighted by Crippen LogP contribution is 2.43. The lowest BCUT2D eigenvalue weighted by molar-refractivity contribution is 0.0122. The Bertz CT molecular complexity index is 1860. The Kier molecular flexibility index (Phi) is 10.5. The van der Waals surface area contributed by atoms with Crippen LogP contribution in [-0.2, 0) is 4.74 Å². The highest BCUT2D eigenvalue weighted by molar-refractivity contribution is 6.35. The molecule has 3 N–H and O–H groups in total. The van der Waals surface area contributed by atoms with Crippen molar-refractivity contribution in [2.24, 2.45) is 0 Å². The van der Waals surface area contributed by atoms with Crippen LogP contribution in [0.15, 0.2) is 42.5 Å². The molecule has 0 radical (unpaired) electrons. The van der Waals surface area contributed by atoms with E-state index in [9.17, 15) is 15.0 Å². The van der Waals surface area contributed by atoms with Gasteiger partial charge in [0.05, 0.1) is 36.4 Å². The van der Waals surface area contributed by atoms with E-state index in [0.717, 1.165) is 23.6 Å². The first-order valence-corrected chi connectivity index (χ1v) is 17.5. The number of benzene rings is 3. The molecule has 1 amide bonds. The minimum atomic E-state index is -0.759. The standard InChI is InChI=1S/C37H45ClFN5O6/c1-37(2,3)50-36(48)44-23-10-11-24(44)20-43(19-23)34-29-18-30(38)31(28-17-26(47)16-22-8-5-6-9-27(22)28)32(39)33(29)40-35(41-34)49-15-7-13-42(4)14-12-25(46)21-45/h5-6,8-9,16-18,23-25,45-47H,7,10-15,19-21H2,1-4H3. The first kappa shape index (κ1) is 35.8. The third-order valence-electron chi connectivity index (χ3n) is 9.31. The third kappa shape index (κ3) is 7.68. The Morgan fingerprint density at radius 3 is 2.52 bits per heavy atom. The molecule has 3 heterocycles. The molecule has 3 aromatic carbocycles. The minimum Gasteiger partial charge on any atom is -0.508 e. The maximum Gasteiger partial charge on any atom is 0.410 e. The maximum absolute atomic E-state index is 16.9. The van der Waals surface area contributed by atoms with E-state index in [0.29, 0.717) is 55.8 Å². The fourth-order valence-electron chi connectivity index (χ4n) is 6.97. The summed E-state index contributed by atoms with van der Waals surface area (Å²) in [6.45, 7) is 7.72. The third-order valence-corrected chi connectivity index (χ3v) is 9.61. The van der Waals surface area contributed by atoms with Gasteiger partial charge >= 0.3 is 12.1 Å². The number of phenolic OH excluding ortho intramolecular Hbond substituents is 1. The van der Waals surface area contributed by atoms with Gasteiger partial charge in [0.25, 0.3) is 0 Å². The number of hydrogen-bond donors (Lipinski definition) is 3. The predicted molar refractivity (Wildman–Crippen MR) is 192 cm³/mol. The van der Waals surface area contributed by atoms with E-state index < -0.39 is 17.5 Å². The van der Waals surface area contributed by atoms with E-state index >= 15 is 4.39 Å². The SMILES string of the molecule is CN(CCCOc1nc(N2CC3CCC(C2)N3C(=O)OC(C)(C)C)c2cc(Cl)c(-c3cc(O)cc4ccccc34)c(F)c2n1)CCC(O)CO. The predicted octanol–water partition coefficient (Wildman–Crippen LogP) is 5.98. The molecule has 11 nitrogen and oxygen atoms in total. The van der Waals surface area contributed by atoms with Crippen LogP contribution in [0.5, 0.6) is 11.8 Å². The zero-order valence-corrected chi connectivity index (χ0v) is 29.7. The molecule has 2 saturated heterocycles. The van der Waals surface area contributed by atoms with Crippen LogP contribution in [0, 0.1) is 5.82 Å². The van der Waals surface area contributed by atoms with Gasteiger partial charge in [0.1, 0.15) is 22.7 Å². The van der Waals surface area contributed by atoms with Crippen LogP contribution in [0.1, 0.15) is 46.5 Å². The van der Waals surface area contributed by atoms with Crippen LogP contribution < -0.4 is 9.64 Å². The number of carbonyl (C=O) groups excluding carboxylic acids is 1. The number of anilines is 1. The molecule has 13 heteroatoms. The quantitative estimate of drug-likeness (QED) is 0.160. The number of phenols is 1. The fraction of sp³-hybridized carbons (Fsp3) is 0.486. The van der Waals surface area contributed by atoms with E-state index in [-0.39, 0.29) is 59.3 Å². The highest BCUT2D eigenvalue weighted by Gasteiger charge is 2.45. The summed E-state index contributed by atoms with van der Waals surface area (Å²) in [7, 11) is 1.92. The van der Waals surface area contributed by atoms with Gasteiger partial charge in [-0.25, -0.2) is 9.18 Å². The number of aliphatic hydroxyl groups is 2. The van der Waals surface area contributed by atoms with Gasteiger partial charge in [-0.15, -0.1) is 0 Å². The molecule has 50 heavy (non-hydrogen) atoms. The van der Waals surface area contributed by atoms with Crippen molar-refractivity contribution < 1.29 is 34.0 Å². The Balaban J connectivity index is 1.35. The van der Waals surface area contributed by atoms with Crippen molar-refractivity contribution in [3.8, 4) is 22.9 Å². The van der Waals surface area contributed by atoms with Crippen molar-refractivity contribution in [3.63, 3.8) is 0 Å². The number of fused-ring (bicyclic) bond motifs is 4. The number of rotatable bonds is 11. The Hall–Kier alpha value is -3.97. The monoisotopic (exact) mass is 709 g/mol. The van der Waals surface area contributed by atoms with E-state index in [1.807, 2.05) is 61.9 Å². The van der Waals surface area contributed by atoms with Crippen LogP contribution >= 0.6 is 11.6 Å². The molecule has 268 valence electrons. The number of aromatic hydroxyl groups is 1. The largest absolute Gasteiger partial charge is 0.508 e. The van der Waals surface area contributed by atoms with Gasteiger partial charge in [-0.05, 0) is 88.0 Å². The lowest BCUT2D eigenvalue weighted by Gasteiger charge is -2.42. The number of nitrogens with zero attached hydrogens (tertiary/aromatic N) is 5. The van der Waals surface area contributed by atoms with E-state index in [2.05, 4.69) is 9.88 Å². The number of hydrogen-bond acceptors (Lipinski definition) is 10. The first-order valence-electron chi connectivity index (χ1n) is 17.1. The summed E-state index contributed by atoms with van der Waals surface area (Å²) in [5.41, 5.74) is -0.0336. The number of piperazine rings is 1. The van der Waals surface area contributed by atoms with Crippen LogP contribution in [0.3, 0.4) is 0 Å². The van der Waals surface area contributed by atoms with Crippen molar-refractivity contribution in [1.29, 1.82) is 0 Å². The van der Waals surface area contributed by atoms with E-state index in [1.165, 1.54) is 6.07 Å². The number of aromatic nitrogens is 2. The molecule has 3 atom stereocenters. The minimum absolute atomic E-state index is 0.0146. The molecule has 3 unspecified atom stereocenters. The maximum atomic E-state index is 16.9. The highest BCUT2D eigenvalue weighted by atomic mass is 35.5. The topological polar surface area (TPSA) is 132 Å². The molecular weight excluding hydrogens is 665 g/mol. The van der Waals surface area contributed by atoms with Gasteiger partial charge in [-0.2, -0.15) is 9.97 Å². The molecule has 2 aliphatic rings. The molecule has 4 aromatic rings. The molecule has 6 rings (SSSR count). The summed E-state index contributed by atoms with van der Waals surface area (Å²) in [5, 5.41) is 31.3. The lowest BCUT2D eigenvalue weighted by atomic mass is 9.96. The van der Waals surface area contributed by atoms with Crippen LogP contribution in [0.2, 0.25) is 5.02 Å². The van der Waals surface area contributed by atoms with Gasteiger partial charge in [-0.1, -0.05) is 35.9 Å².